The number of benzene rings is 5. The third-order valence-corrected chi connectivity index (χ3v) is 8.91. The summed E-state index contributed by atoms with van der Waals surface area (Å²) in [6.07, 6.45) is 3.68. The van der Waals surface area contributed by atoms with Gasteiger partial charge in [-0.1, -0.05) is 127 Å². The molecule has 0 saturated heterocycles. The number of hydrogen-bond acceptors (Lipinski definition) is 8. The Kier molecular flexibility index (Phi) is 13.4. The zero-order valence-corrected chi connectivity index (χ0v) is 32.2. The van der Waals surface area contributed by atoms with Gasteiger partial charge in [0.15, 0.2) is 0 Å². The van der Waals surface area contributed by atoms with E-state index in [2.05, 4.69) is 26.9 Å². The Morgan fingerprint density at radius 2 is 1.07 bits per heavy atom. The lowest BCUT2D eigenvalue weighted by Gasteiger charge is -2.27. The topological polar surface area (TPSA) is 127 Å². The van der Waals surface area contributed by atoms with Gasteiger partial charge in [-0.2, -0.15) is 0 Å². The van der Waals surface area contributed by atoms with Crippen LogP contribution < -0.4 is 16.0 Å². The summed E-state index contributed by atoms with van der Waals surface area (Å²) in [5.74, 6) is 1.74. The lowest BCUT2D eigenvalue weighted by Crippen LogP contribution is -2.47. The fraction of sp³-hybridized carbons (Fsp3) is 0.217. The van der Waals surface area contributed by atoms with Crippen LogP contribution in [0.15, 0.2) is 138 Å². The first-order chi connectivity index (χ1) is 26.9. The smallest absolute Gasteiger partial charge is 0.414 e. The molecule has 0 radical (unpaired) electrons. The number of rotatable bonds is 12. The number of aliphatic imine (C=N–C) groups is 1. The summed E-state index contributed by atoms with van der Waals surface area (Å²) in [5, 5.41) is 8.14. The van der Waals surface area contributed by atoms with Crippen LogP contribution in [0.1, 0.15) is 57.4 Å². The highest BCUT2D eigenvalue weighted by Crippen LogP contribution is 2.30. The number of hydrogen-bond donors (Lipinski definition) is 3. The van der Waals surface area contributed by atoms with Crippen molar-refractivity contribution in [3.8, 4) is 34.6 Å². The van der Waals surface area contributed by atoms with Crippen molar-refractivity contribution < 1.29 is 28.6 Å². The van der Waals surface area contributed by atoms with E-state index in [1.54, 1.807) is 58.9 Å². The van der Waals surface area contributed by atoms with Crippen molar-refractivity contribution in [2.24, 2.45) is 4.99 Å². The van der Waals surface area contributed by atoms with Crippen LogP contribution >= 0.6 is 0 Å². The van der Waals surface area contributed by atoms with Crippen molar-refractivity contribution in [1.82, 2.24) is 16.0 Å². The summed E-state index contributed by atoms with van der Waals surface area (Å²) in [6, 6.07) is 41.1. The first-order valence-corrected chi connectivity index (χ1v) is 18.2. The maximum atomic E-state index is 13.5. The van der Waals surface area contributed by atoms with Crippen LogP contribution in [0.25, 0.3) is 22.3 Å². The van der Waals surface area contributed by atoms with E-state index in [1.165, 1.54) is 0 Å². The summed E-state index contributed by atoms with van der Waals surface area (Å²) in [4.78, 5) is 44.1. The Morgan fingerprint density at radius 3 is 1.48 bits per heavy atom. The SMILES string of the molecule is C#CCNC(C(=O)OCC)c1ccc(N=C(NC(=O)OC(C)(C)c2ccc(-c3ccccc3)cc2)NC(=O)OC(C)(C)c2ccc(-c3ccccc3)cc2)cc1. The molecule has 56 heavy (non-hydrogen) atoms. The molecule has 0 aliphatic rings. The molecule has 0 aliphatic heterocycles. The molecule has 0 spiro atoms. The number of guanidine groups is 1. The minimum absolute atomic E-state index is 0.145. The molecule has 5 aromatic rings. The van der Waals surface area contributed by atoms with Crippen molar-refractivity contribution >= 4 is 29.8 Å². The molecule has 0 fully saturated rings. The van der Waals surface area contributed by atoms with Gasteiger partial charge in [0, 0.05) is 0 Å². The van der Waals surface area contributed by atoms with E-state index >= 15 is 0 Å². The van der Waals surface area contributed by atoms with Gasteiger partial charge in [-0.25, -0.2) is 19.4 Å². The van der Waals surface area contributed by atoms with Crippen molar-refractivity contribution in [3.05, 3.63) is 150 Å². The van der Waals surface area contributed by atoms with Crippen molar-refractivity contribution in [3.63, 3.8) is 0 Å². The molecule has 0 aliphatic carbocycles. The highest BCUT2D eigenvalue weighted by Gasteiger charge is 2.29. The van der Waals surface area contributed by atoms with Gasteiger partial charge in [0.2, 0.25) is 5.96 Å². The van der Waals surface area contributed by atoms with Crippen LogP contribution in [0.4, 0.5) is 15.3 Å². The maximum absolute atomic E-state index is 13.5. The Balaban J connectivity index is 1.35. The molecule has 10 heteroatoms. The fourth-order valence-electron chi connectivity index (χ4n) is 5.90. The molecule has 0 aromatic heterocycles. The molecule has 5 rings (SSSR count). The van der Waals surface area contributed by atoms with E-state index in [1.807, 2.05) is 109 Å². The Morgan fingerprint density at radius 1 is 0.643 bits per heavy atom. The molecule has 286 valence electrons. The largest absolute Gasteiger partial charge is 0.465 e. The minimum atomic E-state index is -1.06. The number of nitrogens with zero attached hydrogens (tertiary/aromatic N) is 1. The summed E-state index contributed by atoms with van der Waals surface area (Å²) in [5.41, 5.74) is 4.48. The normalized spacial score (nSPS) is 11.6. The molecule has 1 unspecified atom stereocenters. The number of amides is 2. The van der Waals surface area contributed by atoms with Crippen molar-refractivity contribution in [1.29, 1.82) is 0 Å². The van der Waals surface area contributed by atoms with Crippen LogP contribution in [0.3, 0.4) is 0 Å². The monoisotopic (exact) mass is 750 g/mol. The van der Waals surface area contributed by atoms with Gasteiger partial charge >= 0.3 is 18.2 Å². The minimum Gasteiger partial charge on any atom is -0.465 e. The summed E-state index contributed by atoms with van der Waals surface area (Å²) in [7, 11) is 0. The van der Waals surface area contributed by atoms with Crippen LogP contribution in [-0.2, 0) is 30.2 Å². The van der Waals surface area contributed by atoms with E-state index in [4.69, 9.17) is 20.6 Å². The van der Waals surface area contributed by atoms with Gasteiger partial charge in [0.05, 0.1) is 18.8 Å². The van der Waals surface area contributed by atoms with E-state index < -0.39 is 35.4 Å². The Labute approximate surface area is 328 Å². The Bertz CT molecular complexity index is 2050. The second kappa shape index (κ2) is 18.6. The lowest BCUT2D eigenvalue weighted by molar-refractivity contribution is -0.145. The van der Waals surface area contributed by atoms with Crippen LogP contribution in [0.5, 0.6) is 0 Å². The predicted molar refractivity (Wildman–Crippen MR) is 219 cm³/mol. The number of esters is 1. The summed E-state index contributed by atoms with van der Waals surface area (Å²) in [6.45, 7) is 9.13. The van der Waals surface area contributed by atoms with Crippen molar-refractivity contribution in [2.45, 2.75) is 51.9 Å². The van der Waals surface area contributed by atoms with Crippen LogP contribution in [0, 0.1) is 12.3 Å². The number of nitrogens with one attached hydrogen (secondary N) is 3. The first kappa shape index (κ1) is 40.5. The third kappa shape index (κ3) is 10.9. The summed E-state index contributed by atoms with van der Waals surface area (Å²) < 4.78 is 17.0. The molecule has 1 atom stereocenters. The average molecular weight is 751 g/mol. The molecule has 0 saturated carbocycles. The fourth-order valence-corrected chi connectivity index (χ4v) is 5.90. The van der Waals surface area contributed by atoms with Gasteiger partial charge in [0.25, 0.3) is 0 Å². The molecule has 0 bridgehead atoms. The molecular weight excluding hydrogens is 705 g/mol. The first-order valence-electron chi connectivity index (χ1n) is 18.2. The average Bonchev–Trinajstić information content (AvgIpc) is 3.19. The predicted octanol–water partition coefficient (Wildman–Crippen LogP) is 9.16. The lowest BCUT2D eigenvalue weighted by atomic mass is 9.95. The van der Waals surface area contributed by atoms with E-state index in [0.29, 0.717) is 11.3 Å². The quantitative estimate of drug-likeness (QED) is 0.0382. The van der Waals surface area contributed by atoms with E-state index in [-0.39, 0.29) is 19.1 Å². The second-order valence-corrected chi connectivity index (χ2v) is 13.8. The molecule has 5 aromatic carbocycles. The molecule has 10 nitrogen and oxygen atoms in total. The number of carbonyl (C=O) groups excluding carboxylic acids is 3. The summed E-state index contributed by atoms with van der Waals surface area (Å²) >= 11 is 0. The molecular formula is C46H46N4O6. The van der Waals surface area contributed by atoms with Gasteiger partial charge in [0.1, 0.15) is 17.2 Å². The number of alkyl carbamates (subject to hydrolysis) is 2. The molecule has 0 heterocycles. The molecule has 3 N–H and O–H groups in total. The standard InChI is InChI=1S/C46H46N4O6/c1-7-31-47-40(41(51)54-8-2)36-23-29-39(30-24-36)48-42(49-43(52)55-45(3,4)37-25-19-34(20-26-37)32-15-11-9-12-16-32)50-44(53)56-46(5,6)38-27-21-35(22-28-38)33-17-13-10-14-18-33/h1,9-30,40,47H,8,31H2,2-6H3,(H2,48,49,50,52,53). The van der Waals surface area contributed by atoms with Gasteiger partial charge in [-0.05, 0) is 85.7 Å². The van der Waals surface area contributed by atoms with E-state index in [9.17, 15) is 14.4 Å². The van der Waals surface area contributed by atoms with Gasteiger partial charge in [-0.15, -0.1) is 6.42 Å². The molecule has 2 amide bonds. The van der Waals surface area contributed by atoms with Gasteiger partial charge in [-0.3, -0.25) is 16.0 Å². The zero-order valence-electron chi connectivity index (χ0n) is 32.2. The highest BCUT2D eigenvalue weighted by molar-refractivity contribution is 6.02. The number of ether oxygens (including phenoxy) is 3. The maximum Gasteiger partial charge on any atom is 0.414 e. The second-order valence-electron chi connectivity index (χ2n) is 13.8. The Hall–Kier alpha value is -6.70. The van der Waals surface area contributed by atoms with E-state index in [0.717, 1.165) is 33.4 Å². The van der Waals surface area contributed by atoms with Crippen LogP contribution in [-0.4, -0.2) is 37.3 Å². The van der Waals surface area contributed by atoms with Gasteiger partial charge < -0.3 is 14.2 Å². The number of carbonyl (C=O) groups is 3. The highest BCUT2D eigenvalue weighted by atomic mass is 16.6. The van der Waals surface area contributed by atoms with Crippen LogP contribution in [0.2, 0.25) is 0 Å². The number of terminal acetylenes is 1. The zero-order chi connectivity index (χ0) is 40.1. The third-order valence-electron chi connectivity index (χ3n) is 8.91. The van der Waals surface area contributed by atoms with Crippen molar-refractivity contribution in [2.75, 3.05) is 13.2 Å².